The summed E-state index contributed by atoms with van der Waals surface area (Å²) in [5.74, 6) is 0.744. The van der Waals surface area contributed by atoms with Gasteiger partial charge in [0.25, 0.3) is 0 Å². The molecule has 0 atom stereocenters. The molecule has 1 N–H and O–H groups in total. The number of benzene rings is 1. The average Bonchev–Trinajstić information content (AvgIpc) is 2.99. The van der Waals surface area contributed by atoms with Crippen molar-refractivity contribution in [2.75, 3.05) is 26.9 Å². The Labute approximate surface area is 134 Å². The zero-order chi connectivity index (χ0) is 14.9. The van der Waals surface area contributed by atoms with Gasteiger partial charge in [0.05, 0.1) is 18.2 Å². The minimum Gasteiger partial charge on any atom is -0.492 e. The molecule has 0 aliphatic heterocycles. The van der Waals surface area contributed by atoms with E-state index >= 15 is 0 Å². The van der Waals surface area contributed by atoms with Crippen molar-refractivity contribution in [3.8, 4) is 5.75 Å². The van der Waals surface area contributed by atoms with Gasteiger partial charge in [0, 0.05) is 31.5 Å². The van der Waals surface area contributed by atoms with E-state index in [4.69, 9.17) is 21.1 Å². The third kappa shape index (κ3) is 5.67. The SMILES string of the molecule is COCCNCc1ccc(OCCc2cccs2)c(Cl)c1. The van der Waals surface area contributed by atoms with Crippen LogP contribution >= 0.6 is 22.9 Å². The van der Waals surface area contributed by atoms with E-state index in [2.05, 4.69) is 22.8 Å². The highest BCUT2D eigenvalue weighted by Gasteiger charge is 2.04. The van der Waals surface area contributed by atoms with E-state index in [0.717, 1.165) is 30.8 Å². The topological polar surface area (TPSA) is 30.5 Å². The summed E-state index contributed by atoms with van der Waals surface area (Å²) in [6.45, 7) is 2.95. The average molecular weight is 326 g/mol. The Morgan fingerprint density at radius 2 is 2.14 bits per heavy atom. The van der Waals surface area contributed by atoms with Crippen molar-refractivity contribution in [2.24, 2.45) is 0 Å². The van der Waals surface area contributed by atoms with Gasteiger partial charge in [-0.2, -0.15) is 0 Å². The number of rotatable bonds is 9. The number of nitrogens with one attached hydrogen (secondary N) is 1. The standard InChI is InChI=1S/C16H20ClNO2S/c1-19-9-7-18-12-13-4-5-16(15(17)11-13)20-8-6-14-3-2-10-21-14/h2-5,10-11,18H,6-9,12H2,1H3. The normalized spacial score (nSPS) is 10.8. The van der Waals surface area contributed by atoms with Crippen LogP contribution < -0.4 is 10.1 Å². The minimum absolute atomic E-state index is 0.645. The Balaban J connectivity index is 1.78. The van der Waals surface area contributed by atoms with Gasteiger partial charge in [-0.15, -0.1) is 11.3 Å². The predicted octanol–water partition coefficient (Wildman–Crippen LogP) is 3.76. The van der Waals surface area contributed by atoms with E-state index in [-0.39, 0.29) is 0 Å². The maximum atomic E-state index is 6.26. The molecule has 114 valence electrons. The molecule has 0 aliphatic rings. The van der Waals surface area contributed by atoms with Crippen LogP contribution in [0.4, 0.5) is 0 Å². The number of ether oxygens (including phenoxy) is 2. The second-order valence-electron chi connectivity index (χ2n) is 4.61. The zero-order valence-corrected chi connectivity index (χ0v) is 13.7. The van der Waals surface area contributed by atoms with Crippen LogP contribution in [0.15, 0.2) is 35.7 Å². The van der Waals surface area contributed by atoms with E-state index in [1.807, 2.05) is 18.2 Å². The molecule has 5 heteroatoms. The lowest BCUT2D eigenvalue weighted by Crippen LogP contribution is -2.18. The first-order valence-electron chi connectivity index (χ1n) is 6.93. The molecule has 2 rings (SSSR count). The summed E-state index contributed by atoms with van der Waals surface area (Å²) in [7, 11) is 1.70. The van der Waals surface area contributed by atoms with Crippen LogP contribution in [0.1, 0.15) is 10.4 Å². The molecule has 0 amide bonds. The summed E-state index contributed by atoms with van der Waals surface area (Å²) >= 11 is 8.00. The van der Waals surface area contributed by atoms with E-state index in [1.54, 1.807) is 18.4 Å². The molecule has 0 fully saturated rings. The van der Waals surface area contributed by atoms with Crippen molar-refractivity contribution in [2.45, 2.75) is 13.0 Å². The Bertz CT molecular complexity index is 531. The van der Waals surface area contributed by atoms with Gasteiger partial charge in [0.2, 0.25) is 0 Å². The molecule has 1 aromatic carbocycles. The molecule has 1 heterocycles. The summed E-state index contributed by atoms with van der Waals surface area (Å²) in [5.41, 5.74) is 1.14. The van der Waals surface area contributed by atoms with Crippen molar-refractivity contribution in [3.05, 3.63) is 51.2 Å². The Morgan fingerprint density at radius 1 is 1.24 bits per heavy atom. The number of hydrogen-bond donors (Lipinski definition) is 1. The first kappa shape index (κ1) is 16.3. The van der Waals surface area contributed by atoms with Crippen molar-refractivity contribution in [1.82, 2.24) is 5.32 Å². The summed E-state index contributed by atoms with van der Waals surface area (Å²) in [6, 6.07) is 10.1. The first-order valence-corrected chi connectivity index (χ1v) is 8.18. The summed E-state index contributed by atoms with van der Waals surface area (Å²) < 4.78 is 10.7. The van der Waals surface area contributed by atoms with Crippen LogP contribution in [0.3, 0.4) is 0 Å². The molecule has 3 nitrogen and oxygen atoms in total. The number of thiophene rings is 1. The maximum Gasteiger partial charge on any atom is 0.137 e. The van der Waals surface area contributed by atoms with Gasteiger partial charge in [-0.05, 0) is 29.1 Å². The lowest BCUT2D eigenvalue weighted by Gasteiger charge is -2.10. The van der Waals surface area contributed by atoms with Gasteiger partial charge in [0.1, 0.15) is 5.75 Å². The largest absolute Gasteiger partial charge is 0.492 e. The molecule has 0 radical (unpaired) electrons. The summed E-state index contributed by atoms with van der Waals surface area (Å²) in [6.07, 6.45) is 0.911. The molecule has 21 heavy (non-hydrogen) atoms. The molecule has 0 aliphatic carbocycles. The fourth-order valence-electron chi connectivity index (χ4n) is 1.89. The quantitative estimate of drug-likeness (QED) is 0.712. The van der Waals surface area contributed by atoms with Crippen LogP contribution in [-0.4, -0.2) is 26.9 Å². The number of halogens is 1. The van der Waals surface area contributed by atoms with Crippen LogP contribution in [0.2, 0.25) is 5.02 Å². The fourth-order valence-corrected chi connectivity index (χ4v) is 2.84. The Kier molecular flexibility index (Phi) is 7.03. The van der Waals surface area contributed by atoms with Gasteiger partial charge >= 0.3 is 0 Å². The molecule has 0 spiro atoms. The first-order chi connectivity index (χ1) is 10.3. The Hall–Kier alpha value is -1.07. The van der Waals surface area contributed by atoms with E-state index in [0.29, 0.717) is 18.2 Å². The fraction of sp³-hybridized carbons (Fsp3) is 0.375. The van der Waals surface area contributed by atoms with Gasteiger partial charge in [-0.3, -0.25) is 0 Å². The molecular weight excluding hydrogens is 306 g/mol. The van der Waals surface area contributed by atoms with Gasteiger partial charge in [0.15, 0.2) is 0 Å². The van der Waals surface area contributed by atoms with Crippen LogP contribution in [-0.2, 0) is 17.7 Å². The van der Waals surface area contributed by atoms with Gasteiger partial charge < -0.3 is 14.8 Å². The maximum absolute atomic E-state index is 6.26. The molecule has 1 aromatic heterocycles. The highest BCUT2D eigenvalue weighted by atomic mass is 35.5. The minimum atomic E-state index is 0.645. The van der Waals surface area contributed by atoms with E-state index in [9.17, 15) is 0 Å². The van der Waals surface area contributed by atoms with Crippen molar-refractivity contribution in [3.63, 3.8) is 0 Å². The second-order valence-corrected chi connectivity index (χ2v) is 6.05. The smallest absolute Gasteiger partial charge is 0.137 e. The van der Waals surface area contributed by atoms with E-state index < -0.39 is 0 Å². The summed E-state index contributed by atoms with van der Waals surface area (Å²) in [5, 5.41) is 6.02. The molecule has 0 unspecified atom stereocenters. The molecular formula is C16H20ClNO2S. The lowest BCUT2D eigenvalue weighted by atomic mass is 10.2. The van der Waals surface area contributed by atoms with Crippen LogP contribution in [0, 0.1) is 0 Å². The van der Waals surface area contributed by atoms with Crippen molar-refractivity contribution in [1.29, 1.82) is 0 Å². The second kappa shape index (κ2) is 9.05. The predicted molar refractivity (Wildman–Crippen MR) is 88.6 cm³/mol. The van der Waals surface area contributed by atoms with Crippen LogP contribution in [0.25, 0.3) is 0 Å². The third-order valence-corrected chi connectivity index (χ3v) is 4.23. The monoisotopic (exact) mass is 325 g/mol. The zero-order valence-electron chi connectivity index (χ0n) is 12.1. The molecule has 0 saturated carbocycles. The molecule has 0 saturated heterocycles. The highest BCUT2D eigenvalue weighted by molar-refractivity contribution is 7.09. The Morgan fingerprint density at radius 3 is 2.86 bits per heavy atom. The van der Waals surface area contributed by atoms with E-state index in [1.165, 1.54) is 4.88 Å². The third-order valence-electron chi connectivity index (χ3n) is 2.99. The van der Waals surface area contributed by atoms with Gasteiger partial charge in [-0.25, -0.2) is 0 Å². The van der Waals surface area contributed by atoms with Gasteiger partial charge in [-0.1, -0.05) is 23.7 Å². The molecule has 2 aromatic rings. The summed E-state index contributed by atoms with van der Waals surface area (Å²) in [4.78, 5) is 1.32. The van der Waals surface area contributed by atoms with Crippen molar-refractivity contribution < 1.29 is 9.47 Å². The van der Waals surface area contributed by atoms with Crippen LogP contribution in [0.5, 0.6) is 5.75 Å². The van der Waals surface area contributed by atoms with Crippen molar-refractivity contribution >= 4 is 22.9 Å². The number of hydrogen-bond acceptors (Lipinski definition) is 4. The number of methoxy groups -OCH3 is 1. The highest BCUT2D eigenvalue weighted by Crippen LogP contribution is 2.25. The lowest BCUT2D eigenvalue weighted by molar-refractivity contribution is 0.199. The molecule has 0 bridgehead atoms.